The number of halogens is 3. The third-order valence-corrected chi connectivity index (χ3v) is 4.79. The van der Waals surface area contributed by atoms with Crippen molar-refractivity contribution in [3.63, 3.8) is 0 Å². The average molecular weight is 417 g/mol. The lowest BCUT2D eigenvalue weighted by molar-refractivity contribution is -0.185. The lowest BCUT2D eigenvalue weighted by Crippen LogP contribution is -2.40. The molecule has 0 saturated carbocycles. The fraction of sp³-hybridized carbons (Fsp3) is 0.273. The number of para-hydroxylation sites is 1. The predicted octanol–water partition coefficient (Wildman–Crippen LogP) is 4.65. The van der Waals surface area contributed by atoms with Gasteiger partial charge in [0.05, 0.1) is 0 Å². The number of aryl methyl sites for hydroxylation is 1. The Hall–Kier alpha value is -3.29. The molecule has 2 N–H and O–H groups in total. The summed E-state index contributed by atoms with van der Waals surface area (Å²) in [6.07, 6.45) is -2.21. The van der Waals surface area contributed by atoms with Gasteiger partial charge in [-0.1, -0.05) is 30.3 Å². The Morgan fingerprint density at radius 3 is 2.60 bits per heavy atom. The van der Waals surface area contributed by atoms with Gasteiger partial charge < -0.3 is 15.2 Å². The molecular weight excluding hydrogens is 395 g/mol. The number of carbonyl (C=O) groups excluding carboxylic acids is 2. The van der Waals surface area contributed by atoms with Crippen LogP contribution >= 0.6 is 0 Å². The number of amides is 2. The predicted molar refractivity (Wildman–Crippen MR) is 109 cm³/mol. The molecular formula is C22H22F3N3O2. The van der Waals surface area contributed by atoms with E-state index in [1.165, 1.54) is 6.92 Å². The van der Waals surface area contributed by atoms with Crippen molar-refractivity contribution in [3.05, 3.63) is 65.9 Å². The maximum absolute atomic E-state index is 12.7. The van der Waals surface area contributed by atoms with Gasteiger partial charge in [0.15, 0.2) is 0 Å². The Balaban J connectivity index is 1.60. The van der Waals surface area contributed by atoms with Crippen molar-refractivity contribution >= 4 is 28.4 Å². The molecule has 0 aliphatic heterocycles. The second kappa shape index (κ2) is 9.02. The minimum atomic E-state index is -4.91. The average Bonchev–Trinajstić information content (AvgIpc) is 3.13. The summed E-state index contributed by atoms with van der Waals surface area (Å²) in [6.45, 7) is 1.23. The van der Waals surface area contributed by atoms with Gasteiger partial charge in [-0.3, -0.25) is 9.59 Å². The van der Waals surface area contributed by atoms with Gasteiger partial charge in [0.2, 0.25) is 5.91 Å². The molecule has 2 aromatic carbocycles. The van der Waals surface area contributed by atoms with E-state index in [-0.39, 0.29) is 25.4 Å². The number of H-pyrrole nitrogens is 1. The van der Waals surface area contributed by atoms with E-state index in [2.05, 4.69) is 10.3 Å². The van der Waals surface area contributed by atoms with Gasteiger partial charge in [-0.15, -0.1) is 0 Å². The minimum Gasteiger partial charge on any atom is -0.361 e. The summed E-state index contributed by atoms with van der Waals surface area (Å²) in [7, 11) is 0. The Morgan fingerprint density at radius 2 is 1.87 bits per heavy atom. The van der Waals surface area contributed by atoms with Gasteiger partial charge in [-0.25, -0.2) is 0 Å². The molecule has 3 aromatic rings. The summed E-state index contributed by atoms with van der Waals surface area (Å²) >= 11 is 0. The van der Waals surface area contributed by atoms with Crippen LogP contribution in [-0.2, 0) is 22.6 Å². The summed E-state index contributed by atoms with van der Waals surface area (Å²) < 4.78 is 38.1. The smallest absolute Gasteiger partial charge is 0.361 e. The highest BCUT2D eigenvalue weighted by Crippen LogP contribution is 2.22. The second-order valence-electron chi connectivity index (χ2n) is 6.93. The molecule has 30 heavy (non-hydrogen) atoms. The van der Waals surface area contributed by atoms with Gasteiger partial charge in [-0.05, 0) is 42.7 Å². The zero-order valence-electron chi connectivity index (χ0n) is 16.4. The fourth-order valence-corrected chi connectivity index (χ4v) is 3.28. The second-order valence-corrected chi connectivity index (χ2v) is 6.93. The highest BCUT2D eigenvalue weighted by Gasteiger charge is 2.41. The SMILES string of the molecule is CCN(Cc1cccc(NC(=O)CCc2c[nH]c3ccccc23)c1)C(=O)C(F)(F)F. The van der Waals surface area contributed by atoms with Crippen LogP contribution in [0.4, 0.5) is 18.9 Å². The van der Waals surface area contributed by atoms with Crippen molar-refractivity contribution in [2.75, 3.05) is 11.9 Å². The molecule has 158 valence electrons. The zero-order valence-corrected chi connectivity index (χ0v) is 16.4. The van der Waals surface area contributed by atoms with Crippen LogP contribution in [0.15, 0.2) is 54.7 Å². The van der Waals surface area contributed by atoms with Gasteiger partial charge in [0.25, 0.3) is 0 Å². The summed E-state index contributed by atoms with van der Waals surface area (Å²) in [5.74, 6) is -2.07. The Bertz CT molecular complexity index is 1040. The van der Waals surface area contributed by atoms with Crippen molar-refractivity contribution in [1.82, 2.24) is 9.88 Å². The van der Waals surface area contributed by atoms with Crippen molar-refractivity contribution in [2.24, 2.45) is 0 Å². The van der Waals surface area contributed by atoms with E-state index in [0.717, 1.165) is 21.4 Å². The number of alkyl halides is 3. The maximum atomic E-state index is 12.7. The van der Waals surface area contributed by atoms with E-state index in [1.54, 1.807) is 24.3 Å². The number of anilines is 1. The van der Waals surface area contributed by atoms with Crippen LogP contribution in [0.1, 0.15) is 24.5 Å². The molecule has 0 spiro atoms. The standard InChI is InChI=1S/C22H22F3N3O2/c1-2-28(21(30)22(23,24)25)14-15-6-5-7-17(12-15)27-20(29)11-10-16-13-26-19-9-4-3-8-18(16)19/h3-9,12-13,26H,2,10-11,14H2,1H3,(H,27,29). The summed E-state index contributed by atoms with van der Waals surface area (Å²) in [6, 6.07) is 14.3. The van der Waals surface area contributed by atoms with Gasteiger partial charge in [0, 0.05) is 42.3 Å². The van der Waals surface area contributed by atoms with E-state index in [0.29, 0.717) is 17.7 Å². The number of nitrogens with one attached hydrogen (secondary N) is 2. The molecule has 8 heteroatoms. The zero-order chi connectivity index (χ0) is 21.7. The van der Waals surface area contributed by atoms with Crippen LogP contribution in [-0.4, -0.2) is 34.4 Å². The number of rotatable bonds is 7. The molecule has 5 nitrogen and oxygen atoms in total. The molecule has 0 saturated heterocycles. The number of nitrogens with zero attached hydrogens (tertiary/aromatic N) is 1. The quantitative estimate of drug-likeness (QED) is 0.588. The van der Waals surface area contributed by atoms with Crippen LogP contribution in [0.3, 0.4) is 0 Å². The van der Waals surface area contributed by atoms with Crippen molar-refractivity contribution in [1.29, 1.82) is 0 Å². The van der Waals surface area contributed by atoms with Crippen molar-refractivity contribution in [3.8, 4) is 0 Å². The molecule has 0 fully saturated rings. The summed E-state index contributed by atoms with van der Waals surface area (Å²) in [5.41, 5.74) is 3.03. The molecule has 0 aliphatic carbocycles. The first-order valence-electron chi connectivity index (χ1n) is 9.58. The molecule has 3 rings (SSSR count). The van der Waals surface area contributed by atoms with Crippen LogP contribution in [0.2, 0.25) is 0 Å². The monoisotopic (exact) mass is 417 g/mol. The molecule has 0 radical (unpaired) electrons. The lowest BCUT2D eigenvalue weighted by Gasteiger charge is -2.22. The Morgan fingerprint density at radius 1 is 1.10 bits per heavy atom. The topological polar surface area (TPSA) is 65.2 Å². The molecule has 0 unspecified atom stereocenters. The van der Waals surface area contributed by atoms with Crippen LogP contribution < -0.4 is 5.32 Å². The summed E-state index contributed by atoms with van der Waals surface area (Å²) in [5, 5.41) is 3.84. The maximum Gasteiger partial charge on any atom is 0.471 e. The van der Waals surface area contributed by atoms with Crippen LogP contribution in [0.5, 0.6) is 0 Å². The number of carbonyl (C=O) groups is 2. The van der Waals surface area contributed by atoms with Crippen molar-refractivity contribution < 1.29 is 22.8 Å². The van der Waals surface area contributed by atoms with Crippen LogP contribution in [0.25, 0.3) is 10.9 Å². The number of hydrogen-bond donors (Lipinski definition) is 2. The Kier molecular flexibility index (Phi) is 6.44. The number of benzene rings is 2. The van der Waals surface area contributed by atoms with E-state index >= 15 is 0 Å². The van der Waals surface area contributed by atoms with Crippen LogP contribution in [0, 0.1) is 0 Å². The Labute approximate surface area is 171 Å². The molecule has 0 atom stereocenters. The van der Waals surface area contributed by atoms with Gasteiger partial charge in [-0.2, -0.15) is 13.2 Å². The van der Waals surface area contributed by atoms with E-state index < -0.39 is 12.1 Å². The third kappa shape index (κ3) is 5.20. The van der Waals surface area contributed by atoms with Gasteiger partial charge in [0.1, 0.15) is 0 Å². The van der Waals surface area contributed by atoms with E-state index in [9.17, 15) is 22.8 Å². The summed E-state index contributed by atoms with van der Waals surface area (Å²) in [4.78, 5) is 27.7. The van der Waals surface area contributed by atoms with E-state index in [1.807, 2.05) is 30.5 Å². The molecule has 0 bridgehead atoms. The van der Waals surface area contributed by atoms with E-state index in [4.69, 9.17) is 0 Å². The normalized spacial score (nSPS) is 11.5. The molecule has 1 aromatic heterocycles. The third-order valence-electron chi connectivity index (χ3n) is 4.79. The molecule has 0 aliphatic rings. The highest BCUT2D eigenvalue weighted by atomic mass is 19.4. The number of hydrogen-bond acceptors (Lipinski definition) is 2. The lowest BCUT2D eigenvalue weighted by atomic mass is 10.1. The van der Waals surface area contributed by atoms with Crippen molar-refractivity contribution in [2.45, 2.75) is 32.5 Å². The minimum absolute atomic E-state index is 0.0699. The first kappa shape index (κ1) is 21.4. The first-order valence-corrected chi connectivity index (χ1v) is 9.58. The number of aromatic nitrogens is 1. The van der Waals surface area contributed by atoms with Gasteiger partial charge >= 0.3 is 12.1 Å². The largest absolute Gasteiger partial charge is 0.471 e. The fourth-order valence-electron chi connectivity index (χ4n) is 3.28. The number of aromatic amines is 1. The molecule has 2 amide bonds. The first-order chi connectivity index (χ1) is 14.3. The highest BCUT2D eigenvalue weighted by molar-refractivity contribution is 5.91. The number of fused-ring (bicyclic) bond motifs is 1. The molecule has 1 heterocycles.